The minimum Gasteiger partial charge on any atom is -0.493 e. The number of hydrogen-bond donors (Lipinski definition) is 0. The molecular weight excluding hydrogens is 820 g/mol. The first-order valence-corrected chi connectivity index (χ1v) is 22.6. The van der Waals surface area contributed by atoms with Crippen LogP contribution in [0, 0.1) is 0 Å². The number of ether oxygens (including phenoxy) is 2. The average Bonchev–Trinajstić information content (AvgIpc) is 3.88. The number of hydrogen-bond acceptors (Lipinski definition) is 7. The molecule has 4 nitrogen and oxygen atoms in total. The Hall–Kier alpha value is -2.56. The molecule has 0 aliphatic heterocycles. The van der Waals surface area contributed by atoms with Gasteiger partial charge in [0.05, 0.1) is 32.5 Å². The van der Waals surface area contributed by atoms with Crippen LogP contribution in [0.25, 0.3) is 85.1 Å². The van der Waals surface area contributed by atoms with Gasteiger partial charge in [-0.25, -0.2) is 0 Å². The van der Waals surface area contributed by atoms with Crippen LogP contribution < -0.4 is 9.47 Å². The summed E-state index contributed by atoms with van der Waals surface area (Å²) in [6, 6.07) is 13.6. The fourth-order valence-corrected chi connectivity index (χ4v) is 12.3. The van der Waals surface area contributed by atoms with Crippen LogP contribution in [0.15, 0.2) is 44.0 Å². The molecule has 0 amide bonds. The Morgan fingerprint density at radius 1 is 0.490 bits per heavy atom. The predicted molar refractivity (Wildman–Crippen MR) is 231 cm³/mol. The molecule has 0 aliphatic rings. The second kappa shape index (κ2) is 14.3. The maximum atomic E-state index is 6.87. The van der Waals surface area contributed by atoms with Gasteiger partial charge in [-0.2, -0.15) is 8.75 Å². The molecule has 0 atom stereocenters. The molecule has 0 bridgehead atoms. The van der Waals surface area contributed by atoms with E-state index in [4.69, 9.17) is 18.2 Å². The molecule has 0 aliphatic carbocycles. The standard InChI is InChI=1S/C42H40Br2N2O2S3/c1-3-5-7-9-11-13-19-47-27-17-15-23-25-21-29(43)49-41(25)37-35-31(23)33(27)34-28(48-20-14-12-10-8-6-4-2)18-16-24-26-22-30(44)50-42(26)38(36(35)32(24)34)40-39(37)45-51-46-40/h15-18,21-22H,3-14,19-20H2,1-2H3. The summed E-state index contributed by atoms with van der Waals surface area (Å²) in [7, 11) is 0. The molecule has 0 radical (unpaired) electrons. The van der Waals surface area contributed by atoms with Crippen LogP contribution in [-0.2, 0) is 0 Å². The van der Waals surface area contributed by atoms with Gasteiger partial charge in [-0.15, -0.1) is 22.7 Å². The number of fused-ring (bicyclic) bond motifs is 10. The van der Waals surface area contributed by atoms with Crippen molar-refractivity contribution in [2.75, 3.05) is 13.2 Å². The predicted octanol–water partition coefficient (Wildman–Crippen LogP) is 15.8. The molecule has 9 rings (SSSR count). The van der Waals surface area contributed by atoms with E-state index in [0.29, 0.717) is 13.2 Å². The first-order valence-electron chi connectivity index (χ1n) is 18.6. The summed E-state index contributed by atoms with van der Waals surface area (Å²) in [5, 5.41) is 14.8. The van der Waals surface area contributed by atoms with E-state index in [1.54, 1.807) is 22.7 Å². The van der Waals surface area contributed by atoms with Gasteiger partial charge < -0.3 is 9.47 Å². The number of halogens is 2. The van der Waals surface area contributed by atoms with Gasteiger partial charge >= 0.3 is 0 Å². The van der Waals surface area contributed by atoms with Crippen molar-refractivity contribution < 1.29 is 9.47 Å². The molecule has 51 heavy (non-hydrogen) atoms. The molecule has 0 saturated carbocycles. The Balaban J connectivity index is 1.35. The summed E-state index contributed by atoms with van der Waals surface area (Å²) in [4.78, 5) is 0. The first-order chi connectivity index (χ1) is 25.1. The van der Waals surface area contributed by atoms with Crippen molar-refractivity contribution in [1.82, 2.24) is 8.75 Å². The number of unbranched alkanes of at least 4 members (excludes halogenated alkanes) is 10. The summed E-state index contributed by atoms with van der Waals surface area (Å²) in [6.07, 6.45) is 14.8. The van der Waals surface area contributed by atoms with Gasteiger partial charge in [0.2, 0.25) is 0 Å². The number of nitrogens with zero attached hydrogens (tertiary/aromatic N) is 2. The van der Waals surface area contributed by atoms with E-state index >= 15 is 0 Å². The van der Waals surface area contributed by atoms with Crippen LogP contribution in [0.2, 0.25) is 0 Å². The molecular formula is C42H40Br2N2O2S3. The first kappa shape index (κ1) is 34.2. The molecule has 3 aromatic heterocycles. The highest BCUT2D eigenvalue weighted by Crippen LogP contribution is 2.57. The van der Waals surface area contributed by atoms with Gasteiger partial charge in [-0.1, -0.05) is 78.1 Å². The Bertz CT molecular complexity index is 2490. The van der Waals surface area contributed by atoms with E-state index in [1.807, 2.05) is 0 Å². The number of benzene rings is 6. The molecule has 0 saturated heterocycles. The van der Waals surface area contributed by atoms with E-state index in [2.05, 4.69) is 82.1 Å². The summed E-state index contributed by atoms with van der Waals surface area (Å²) in [6.45, 7) is 5.96. The zero-order valence-corrected chi connectivity index (χ0v) is 34.7. The fourth-order valence-electron chi connectivity index (χ4n) is 8.44. The van der Waals surface area contributed by atoms with E-state index in [1.165, 1.54) is 150 Å². The zero-order valence-electron chi connectivity index (χ0n) is 29.1. The average molecular weight is 861 g/mol. The van der Waals surface area contributed by atoms with Gasteiger partial charge in [0, 0.05) is 63.3 Å². The highest BCUT2D eigenvalue weighted by atomic mass is 79.9. The van der Waals surface area contributed by atoms with Crippen LogP contribution >= 0.6 is 66.3 Å². The third-order valence-corrected chi connectivity index (χ3v) is 14.6. The topological polar surface area (TPSA) is 44.2 Å². The van der Waals surface area contributed by atoms with E-state index < -0.39 is 0 Å². The minimum atomic E-state index is 0.706. The van der Waals surface area contributed by atoms with Crippen molar-refractivity contribution in [3.05, 3.63) is 44.0 Å². The second-order valence-corrected chi connectivity index (χ2v) is 19.4. The van der Waals surface area contributed by atoms with Gasteiger partial charge in [0.25, 0.3) is 0 Å². The highest BCUT2D eigenvalue weighted by molar-refractivity contribution is 9.11. The van der Waals surface area contributed by atoms with Crippen molar-refractivity contribution in [2.45, 2.75) is 90.9 Å². The fraction of sp³-hybridized carbons (Fsp3) is 0.381. The summed E-state index contributed by atoms with van der Waals surface area (Å²) >= 11 is 12.7. The maximum Gasteiger partial charge on any atom is 0.127 e. The van der Waals surface area contributed by atoms with Gasteiger partial charge in [-0.3, -0.25) is 0 Å². The van der Waals surface area contributed by atoms with E-state index in [-0.39, 0.29) is 0 Å². The van der Waals surface area contributed by atoms with Crippen molar-refractivity contribution in [3.63, 3.8) is 0 Å². The quantitative estimate of drug-likeness (QED) is 0.0551. The Labute approximate surface area is 326 Å². The lowest BCUT2D eigenvalue weighted by atomic mass is 9.83. The zero-order chi connectivity index (χ0) is 34.6. The monoisotopic (exact) mass is 858 g/mol. The SMILES string of the molecule is CCCCCCCCOc1ccc2c3cc(Br)sc3c3c4nsnc4c4c5sc(Br)cc5c5ccc(OCCCCCCCC)c6c1c2c3c4c56. The lowest BCUT2D eigenvalue weighted by Gasteiger charge is -2.23. The maximum absolute atomic E-state index is 6.87. The Morgan fingerprint density at radius 3 is 1.37 bits per heavy atom. The molecule has 0 N–H and O–H groups in total. The summed E-state index contributed by atoms with van der Waals surface area (Å²) in [5.41, 5.74) is 1.99. The third kappa shape index (κ3) is 5.67. The molecule has 0 unspecified atom stereocenters. The number of rotatable bonds is 16. The van der Waals surface area contributed by atoms with E-state index in [0.717, 1.165) is 42.9 Å². The molecule has 6 aromatic carbocycles. The smallest absolute Gasteiger partial charge is 0.127 e. The third-order valence-electron chi connectivity index (χ3n) is 10.7. The van der Waals surface area contributed by atoms with Crippen LogP contribution in [0.5, 0.6) is 11.5 Å². The molecule has 3 heterocycles. The van der Waals surface area contributed by atoms with Crippen molar-refractivity contribution in [3.8, 4) is 11.5 Å². The molecule has 9 aromatic rings. The van der Waals surface area contributed by atoms with Crippen molar-refractivity contribution >= 4 is 151 Å². The largest absolute Gasteiger partial charge is 0.493 e. The number of thiophene rings is 2. The Kier molecular flexibility index (Phi) is 9.63. The normalized spacial score (nSPS) is 12.6. The van der Waals surface area contributed by atoms with Crippen molar-refractivity contribution in [1.29, 1.82) is 0 Å². The molecule has 9 heteroatoms. The van der Waals surface area contributed by atoms with Gasteiger partial charge in [0.15, 0.2) is 0 Å². The van der Waals surface area contributed by atoms with Crippen molar-refractivity contribution in [2.24, 2.45) is 0 Å². The molecule has 0 fully saturated rings. The van der Waals surface area contributed by atoms with Crippen LogP contribution in [0.4, 0.5) is 0 Å². The minimum absolute atomic E-state index is 0.706. The molecule has 262 valence electrons. The van der Waals surface area contributed by atoms with Crippen LogP contribution in [-0.4, -0.2) is 22.0 Å². The van der Waals surface area contributed by atoms with Gasteiger partial charge in [-0.05, 0) is 91.9 Å². The van der Waals surface area contributed by atoms with Crippen LogP contribution in [0.3, 0.4) is 0 Å². The lowest BCUT2D eigenvalue weighted by molar-refractivity contribution is 0.305. The molecule has 0 spiro atoms. The second-order valence-electron chi connectivity index (χ2n) is 14.0. The number of aromatic nitrogens is 2. The Morgan fingerprint density at radius 2 is 0.922 bits per heavy atom. The lowest BCUT2D eigenvalue weighted by Crippen LogP contribution is -2.02. The van der Waals surface area contributed by atoms with Crippen LogP contribution in [0.1, 0.15) is 90.9 Å². The van der Waals surface area contributed by atoms with E-state index in [9.17, 15) is 0 Å². The van der Waals surface area contributed by atoms with Gasteiger partial charge in [0.1, 0.15) is 22.5 Å². The summed E-state index contributed by atoms with van der Waals surface area (Å²) < 4.78 is 28.6. The summed E-state index contributed by atoms with van der Waals surface area (Å²) in [5.74, 6) is 1.90. The highest BCUT2D eigenvalue weighted by Gasteiger charge is 2.30.